The largest absolute Gasteiger partial charge is 0.481 e. The number of carboxylic acid groups (broad SMARTS) is 1. The number of carbonyl (C=O) groups excluding carboxylic acids is 2. The standard InChI is InChI=1S/C13H24N2O5/c1-13(2,12(18)19)8-10(16)15(6-7-20-5)9-11(17)14(3)4/h6-9H2,1-5H3,(H,18,19). The van der Waals surface area contributed by atoms with Crippen molar-refractivity contribution in [3.8, 4) is 0 Å². The molecular formula is C13H24N2O5. The van der Waals surface area contributed by atoms with E-state index < -0.39 is 11.4 Å². The molecule has 0 heterocycles. The van der Waals surface area contributed by atoms with Crippen LogP contribution in [0.3, 0.4) is 0 Å². The summed E-state index contributed by atoms with van der Waals surface area (Å²) in [5, 5.41) is 9.05. The molecule has 0 aliphatic heterocycles. The van der Waals surface area contributed by atoms with E-state index in [2.05, 4.69) is 0 Å². The van der Waals surface area contributed by atoms with Gasteiger partial charge in [0, 0.05) is 34.2 Å². The molecule has 0 fully saturated rings. The van der Waals surface area contributed by atoms with Gasteiger partial charge >= 0.3 is 5.97 Å². The van der Waals surface area contributed by atoms with Crippen LogP contribution < -0.4 is 0 Å². The molecule has 0 saturated carbocycles. The zero-order chi connectivity index (χ0) is 15.9. The molecule has 0 saturated heterocycles. The lowest BCUT2D eigenvalue weighted by molar-refractivity contribution is -0.152. The van der Waals surface area contributed by atoms with Crippen molar-refractivity contribution in [1.29, 1.82) is 0 Å². The van der Waals surface area contributed by atoms with Crippen molar-refractivity contribution in [3.63, 3.8) is 0 Å². The summed E-state index contributed by atoms with van der Waals surface area (Å²) >= 11 is 0. The number of rotatable bonds is 8. The van der Waals surface area contributed by atoms with Gasteiger partial charge in [-0.1, -0.05) is 0 Å². The van der Waals surface area contributed by atoms with Crippen LogP contribution in [0, 0.1) is 5.41 Å². The molecule has 0 aromatic heterocycles. The third-order valence-electron chi connectivity index (χ3n) is 2.92. The zero-order valence-electron chi connectivity index (χ0n) is 12.8. The number of aliphatic carboxylic acids is 1. The highest BCUT2D eigenvalue weighted by Crippen LogP contribution is 2.21. The fourth-order valence-corrected chi connectivity index (χ4v) is 1.36. The first-order chi connectivity index (χ1) is 9.11. The van der Waals surface area contributed by atoms with Crippen LogP contribution in [0.1, 0.15) is 20.3 Å². The van der Waals surface area contributed by atoms with E-state index >= 15 is 0 Å². The topological polar surface area (TPSA) is 87.2 Å². The number of hydrogen-bond donors (Lipinski definition) is 1. The molecule has 0 unspecified atom stereocenters. The highest BCUT2D eigenvalue weighted by atomic mass is 16.5. The summed E-state index contributed by atoms with van der Waals surface area (Å²) in [4.78, 5) is 37.6. The molecule has 0 rings (SSSR count). The van der Waals surface area contributed by atoms with Gasteiger partial charge in [-0.15, -0.1) is 0 Å². The molecule has 1 N–H and O–H groups in total. The monoisotopic (exact) mass is 288 g/mol. The molecule has 7 nitrogen and oxygen atoms in total. The first kappa shape index (κ1) is 18.4. The maximum Gasteiger partial charge on any atom is 0.309 e. The minimum absolute atomic E-state index is 0.0785. The second-order valence-electron chi connectivity index (χ2n) is 5.46. The van der Waals surface area contributed by atoms with E-state index in [0.717, 1.165) is 0 Å². The maximum absolute atomic E-state index is 12.2. The van der Waals surface area contributed by atoms with Crippen molar-refractivity contribution in [2.75, 3.05) is 40.9 Å². The van der Waals surface area contributed by atoms with Crippen LogP contribution in [0.5, 0.6) is 0 Å². The molecule has 0 radical (unpaired) electrons. The number of carbonyl (C=O) groups is 3. The number of nitrogens with zero attached hydrogens (tertiary/aromatic N) is 2. The smallest absolute Gasteiger partial charge is 0.309 e. The number of carboxylic acids is 1. The first-order valence-electron chi connectivity index (χ1n) is 6.32. The lowest BCUT2D eigenvalue weighted by atomic mass is 9.89. The van der Waals surface area contributed by atoms with Gasteiger partial charge in [0.05, 0.1) is 18.6 Å². The zero-order valence-corrected chi connectivity index (χ0v) is 12.8. The number of ether oxygens (including phenoxy) is 1. The fourth-order valence-electron chi connectivity index (χ4n) is 1.36. The Bertz CT molecular complexity index is 366. The Morgan fingerprint density at radius 2 is 1.70 bits per heavy atom. The van der Waals surface area contributed by atoms with Crippen molar-refractivity contribution in [2.24, 2.45) is 5.41 Å². The van der Waals surface area contributed by atoms with Gasteiger partial charge in [0.15, 0.2) is 0 Å². The lowest BCUT2D eigenvalue weighted by Crippen LogP contribution is -2.44. The van der Waals surface area contributed by atoms with E-state index in [4.69, 9.17) is 9.84 Å². The summed E-state index contributed by atoms with van der Waals surface area (Å²) in [6.07, 6.45) is -0.160. The Morgan fingerprint density at radius 3 is 2.10 bits per heavy atom. The molecule has 116 valence electrons. The minimum atomic E-state index is -1.16. The van der Waals surface area contributed by atoms with Gasteiger partial charge in [0.25, 0.3) is 0 Å². The van der Waals surface area contributed by atoms with Crippen LogP contribution in [-0.2, 0) is 19.1 Å². The molecule has 0 aliphatic rings. The summed E-state index contributed by atoms with van der Waals surface area (Å²) in [6.45, 7) is 3.43. The average molecular weight is 288 g/mol. The maximum atomic E-state index is 12.2. The fraction of sp³-hybridized carbons (Fsp3) is 0.769. The summed E-state index contributed by atoms with van der Waals surface area (Å²) in [5.74, 6) is -1.64. The molecular weight excluding hydrogens is 264 g/mol. The molecule has 0 aromatic rings. The number of hydrogen-bond acceptors (Lipinski definition) is 4. The van der Waals surface area contributed by atoms with Gasteiger partial charge in [-0.2, -0.15) is 0 Å². The van der Waals surface area contributed by atoms with Gasteiger partial charge in [-0.3, -0.25) is 14.4 Å². The predicted molar refractivity (Wildman–Crippen MR) is 73.2 cm³/mol. The van der Waals surface area contributed by atoms with Crippen LogP contribution in [0.15, 0.2) is 0 Å². The van der Waals surface area contributed by atoms with E-state index in [1.807, 2.05) is 0 Å². The summed E-state index contributed by atoms with van der Waals surface area (Å²) < 4.78 is 4.91. The van der Waals surface area contributed by atoms with E-state index in [1.165, 1.54) is 30.8 Å². The second kappa shape index (κ2) is 7.84. The van der Waals surface area contributed by atoms with Gasteiger partial charge in [-0.05, 0) is 13.8 Å². The van der Waals surface area contributed by atoms with Crippen LogP contribution in [0.25, 0.3) is 0 Å². The molecule has 0 aromatic carbocycles. The lowest BCUT2D eigenvalue weighted by Gasteiger charge is -2.27. The van der Waals surface area contributed by atoms with Crippen LogP contribution >= 0.6 is 0 Å². The molecule has 7 heteroatoms. The molecule has 2 amide bonds. The Kier molecular flexibility index (Phi) is 7.20. The highest BCUT2D eigenvalue weighted by Gasteiger charge is 2.32. The van der Waals surface area contributed by atoms with E-state index in [9.17, 15) is 14.4 Å². The molecule has 0 atom stereocenters. The number of methoxy groups -OCH3 is 1. The van der Waals surface area contributed by atoms with Gasteiger partial charge < -0.3 is 19.6 Å². The second-order valence-corrected chi connectivity index (χ2v) is 5.46. The minimum Gasteiger partial charge on any atom is -0.481 e. The SMILES string of the molecule is COCCN(CC(=O)N(C)C)C(=O)CC(C)(C)C(=O)O. The number of amides is 2. The third-order valence-corrected chi connectivity index (χ3v) is 2.92. The summed E-state index contributed by atoms with van der Waals surface area (Å²) in [6, 6.07) is 0. The number of likely N-dealkylation sites (N-methyl/N-ethyl adjacent to an activating group) is 1. The van der Waals surface area contributed by atoms with Crippen molar-refractivity contribution >= 4 is 17.8 Å². The van der Waals surface area contributed by atoms with E-state index in [1.54, 1.807) is 14.1 Å². The quantitative estimate of drug-likeness (QED) is 0.682. The van der Waals surface area contributed by atoms with Gasteiger partial charge in [0.1, 0.15) is 0 Å². The third kappa shape index (κ3) is 6.01. The van der Waals surface area contributed by atoms with Crippen LogP contribution in [-0.4, -0.2) is 73.6 Å². The Labute approximate surface area is 119 Å². The van der Waals surface area contributed by atoms with Crippen LogP contribution in [0.4, 0.5) is 0 Å². The molecule has 20 heavy (non-hydrogen) atoms. The molecule has 0 bridgehead atoms. The first-order valence-corrected chi connectivity index (χ1v) is 6.32. The molecule has 0 aliphatic carbocycles. The van der Waals surface area contributed by atoms with Gasteiger partial charge in [0.2, 0.25) is 11.8 Å². The van der Waals surface area contributed by atoms with Crippen molar-refractivity contribution < 1.29 is 24.2 Å². The predicted octanol–water partition coefficient (Wildman–Crippen LogP) is 0.0505. The van der Waals surface area contributed by atoms with Crippen LogP contribution in [0.2, 0.25) is 0 Å². The highest BCUT2D eigenvalue weighted by molar-refractivity contribution is 5.88. The summed E-state index contributed by atoms with van der Waals surface area (Å²) in [7, 11) is 4.70. The normalized spacial score (nSPS) is 11.1. The van der Waals surface area contributed by atoms with E-state index in [0.29, 0.717) is 6.61 Å². The Hall–Kier alpha value is -1.63. The van der Waals surface area contributed by atoms with E-state index in [-0.39, 0.29) is 31.3 Å². The van der Waals surface area contributed by atoms with Crippen molar-refractivity contribution in [2.45, 2.75) is 20.3 Å². The Balaban J connectivity index is 4.80. The summed E-state index contributed by atoms with van der Waals surface area (Å²) in [5.41, 5.74) is -1.16. The average Bonchev–Trinajstić information content (AvgIpc) is 2.32. The van der Waals surface area contributed by atoms with Crippen molar-refractivity contribution in [1.82, 2.24) is 9.80 Å². The Morgan fingerprint density at radius 1 is 1.15 bits per heavy atom. The van der Waals surface area contributed by atoms with Gasteiger partial charge in [-0.25, -0.2) is 0 Å². The van der Waals surface area contributed by atoms with Crippen molar-refractivity contribution in [3.05, 3.63) is 0 Å². The molecule has 0 spiro atoms.